The smallest absolute Gasteiger partial charge is 0.330 e. The molecule has 1 aromatic rings. The van der Waals surface area contributed by atoms with Crippen molar-refractivity contribution in [3.05, 3.63) is 51.2 Å². The second-order valence-electron chi connectivity index (χ2n) is 5.01. The largest absolute Gasteiger partial charge is 0.346 e. The number of nitrogens with zero attached hydrogens (tertiary/aromatic N) is 1. The Balaban J connectivity index is 2.43. The van der Waals surface area contributed by atoms with Crippen molar-refractivity contribution >= 4 is 0 Å². The standard InChI is InChI=1S/C14H17FN2O3/c1-4-6-14(5-2)9(3)7-11(20-14)17-8-10(15)12(18)16-13(17)19/h6,8-9,11H,1,5,7H2,2-3H3,(H,16,18,19)/t9-,11+,14-/m0/s1. The van der Waals surface area contributed by atoms with E-state index in [2.05, 4.69) is 12.3 Å². The highest BCUT2D eigenvalue weighted by Crippen LogP contribution is 2.43. The lowest BCUT2D eigenvalue weighted by molar-refractivity contribution is -0.0564. The summed E-state index contributed by atoms with van der Waals surface area (Å²) in [6, 6.07) is 0. The molecule has 5 nitrogen and oxygen atoms in total. The first-order chi connectivity index (χ1) is 9.43. The molecule has 1 aliphatic heterocycles. The van der Waals surface area contributed by atoms with E-state index in [1.165, 1.54) is 0 Å². The molecule has 1 fully saturated rings. The van der Waals surface area contributed by atoms with Crippen molar-refractivity contribution in [2.45, 2.75) is 38.5 Å². The first kappa shape index (κ1) is 14.5. The van der Waals surface area contributed by atoms with E-state index < -0.39 is 28.9 Å². The molecule has 0 bridgehead atoms. The maximum absolute atomic E-state index is 13.3. The van der Waals surface area contributed by atoms with Gasteiger partial charge in [-0.3, -0.25) is 14.3 Å². The summed E-state index contributed by atoms with van der Waals surface area (Å²) < 4.78 is 20.4. The predicted octanol–water partition coefficient (Wildman–Crippen LogP) is 1.72. The zero-order valence-corrected chi connectivity index (χ0v) is 11.5. The fourth-order valence-electron chi connectivity index (χ4n) is 2.65. The SMILES string of the molecule is C=C=C[C@]1(CC)O[C@@H](n2cc(F)c(=O)[nH]c2=O)C[C@@H]1C. The molecule has 1 aromatic heterocycles. The van der Waals surface area contributed by atoms with E-state index >= 15 is 0 Å². The quantitative estimate of drug-likeness (QED) is 0.857. The Kier molecular flexibility index (Phi) is 3.79. The summed E-state index contributed by atoms with van der Waals surface area (Å²) in [7, 11) is 0. The average molecular weight is 280 g/mol. The number of hydrogen-bond donors (Lipinski definition) is 1. The number of ether oxygens (including phenoxy) is 1. The highest BCUT2D eigenvalue weighted by Gasteiger charge is 2.44. The summed E-state index contributed by atoms with van der Waals surface area (Å²) in [5, 5.41) is 0. The molecule has 0 unspecified atom stereocenters. The van der Waals surface area contributed by atoms with Crippen LogP contribution >= 0.6 is 0 Å². The van der Waals surface area contributed by atoms with Crippen LogP contribution in [0.2, 0.25) is 0 Å². The molecule has 0 saturated carbocycles. The third-order valence-corrected chi connectivity index (χ3v) is 3.88. The molecule has 108 valence electrons. The van der Waals surface area contributed by atoms with Crippen molar-refractivity contribution in [1.82, 2.24) is 9.55 Å². The Labute approximate surface area is 115 Å². The summed E-state index contributed by atoms with van der Waals surface area (Å²) in [6.45, 7) is 7.51. The molecule has 3 atom stereocenters. The molecular weight excluding hydrogens is 263 g/mol. The highest BCUT2D eigenvalue weighted by molar-refractivity contribution is 5.07. The van der Waals surface area contributed by atoms with Gasteiger partial charge in [0.05, 0.1) is 11.8 Å². The van der Waals surface area contributed by atoms with Crippen LogP contribution in [-0.4, -0.2) is 15.2 Å². The van der Waals surface area contributed by atoms with Crippen molar-refractivity contribution in [3.8, 4) is 0 Å². The van der Waals surface area contributed by atoms with Crippen LogP contribution in [0.25, 0.3) is 0 Å². The Morgan fingerprint density at radius 2 is 2.40 bits per heavy atom. The fourth-order valence-corrected chi connectivity index (χ4v) is 2.65. The maximum atomic E-state index is 13.3. The van der Waals surface area contributed by atoms with Crippen LogP contribution in [0.4, 0.5) is 4.39 Å². The van der Waals surface area contributed by atoms with Crippen LogP contribution in [-0.2, 0) is 4.74 Å². The topological polar surface area (TPSA) is 64.1 Å². The van der Waals surface area contributed by atoms with Gasteiger partial charge in [0.25, 0.3) is 5.56 Å². The average Bonchev–Trinajstić information content (AvgIpc) is 2.72. The zero-order chi connectivity index (χ0) is 14.9. The molecule has 0 aromatic carbocycles. The lowest BCUT2D eigenvalue weighted by atomic mass is 9.86. The number of nitrogens with one attached hydrogen (secondary N) is 1. The number of aromatic amines is 1. The fraction of sp³-hybridized carbons (Fsp3) is 0.500. The summed E-state index contributed by atoms with van der Waals surface area (Å²) in [5.74, 6) is -0.886. The van der Waals surface area contributed by atoms with Crippen molar-refractivity contribution in [2.24, 2.45) is 5.92 Å². The summed E-state index contributed by atoms with van der Waals surface area (Å²) in [6.07, 6.45) is 3.24. The van der Waals surface area contributed by atoms with Gasteiger partial charge in [-0.15, -0.1) is 5.73 Å². The van der Waals surface area contributed by atoms with Gasteiger partial charge in [0.15, 0.2) is 0 Å². The van der Waals surface area contributed by atoms with Crippen molar-refractivity contribution in [2.75, 3.05) is 0 Å². The molecule has 0 spiro atoms. The third kappa shape index (κ3) is 2.28. The number of halogens is 1. The Morgan fingerprint density at radius 1 is 1.70 bits per heavy atom. The molecule has 1 saturated heterocycles. The van der Waals surface area contributed by atoms with Gasteiger partial charge in [0.1, 0.15) is 6.23 Å². The Bertz CT molecular complexity index is 672. The highest BCUT2D eigenvalue weighted by atomic mass is 19.1. The molecule has 0 radical (unpaired) electrons. The minimum absolute atomic E-state index is 0.119. The monoisotopic (exact) mass is 280 g/mol. The molecule has 2 rings (SSSR count). The zero-order valence-electron chi connectivity index (χ0n) is 11.5. The van der Waals surface area contributed by atoms with E-state index in [1.54, 1.807) is 6.08 Å². The van der Waals surface area contributed by atoms with Gasteiger partial charge < -0.3 is 4.74 Å². The van der Waals surface area contributed by atoms with Crippen molar-refractivity contribution in [1.29, 1.82) is 0 Å². The van der Waals surface area contributed by atoms with Crippen LogP contribution in [0.3, 0.4) is 0 Å². The molecule has 1 N–H and O–H groups in total. The van der Waals surface area contributed by atoms with E-state index in [0.29, 0.717) is 12.8 Å². The minimum Gasteiger partial charge on any atom is -0.346 e. The van der Waals surface area contributed by atoms with Crippen LogP contribution in [0.15, 0.2) is 34.2 Å². The van der Waals surface area contributed by atoms with Gasteiger partial charge in [0, 0.05) is 0 Å². The molecular formula is C14H17FN2O3. The first-order valence-electron chi connectivity index (χ1n) is 6.49. The molecule has 1 aliphatic rings. The first-order valence-corrected chi connectivity index (χ1v) is 6.49. The Hall–Kier alpha value is -1.91. The molecule has 0 amide bonds. The van der Waals surface area contributed by atoms with Gasteiger partial charge in [-0.25, -0.2) is 4.79 Å². The summed E-state index contributed by atoms with van der Waals surface area (Å²) >= 11 is 0. The molecule has 2 heterocycles. The minimum atomic E-state index is -1.02. The third-order valence-electron chi connectivity index (χ3n) is 3.88. The van der Waals surface area contributed by atoms with E-state index in [0.717, 1.165) is 10.8 Å². The van der Waals surface area contributed by atoms with Crippen LogP contribution in [0.5, 0.6) is 0 Å². The lowest BCUT2D eigenvalue weighted by Gasteiger charge is -2.27. The second kappa shape index (κ2) is 5.23. The predicted molar refractivity (Wildman–Crippen MR) is 71.9 cm³/mol. The van der Waals surface area contributed by atoms with Crippen molar-refractivity contribution in [3.63, 3.8) is 0 Å². The Morgan fingerprint density at radius 3 is 3.00 bits per heavy atom. The lowest BCUT2D eigenvalue weighted by Crippen LogP contribution is -2.35. The molecule has 0 aliphatic carbocycles. The normalized spacial score (nSPS) is 29.1. The van der Waals surface area contributed by atoms with E-state index in [4.69, 9.17) is 4.74 Å². The van der Waals surface area contributed by atoms with E-state index in [9.17, 15) is 14.0 Å². The molecule has 20 heavy (non-hydrogen) atoms. The van der Waals surface area contributed by atoms with Gasteiger partial charge in [-0.05, 0) is 24.8 Å². The maximum Gasteiger partial charge on any atom is 0.330 e. The van der Waals surface area contributed by atoms with Crippen LogP contribution in [0, 0.1) is 11.7 Å². The number of aromatic nitrogens is 2. The van der Waals surface area contributed by atoms with E-state index in [1.807, 2.05) is 18.8 Å². The van der Waals surface area contributed by atoms with Gasteiger partial charge in [-0.1, -0.05) is 20.4 Å². The summed E-state index contributed by atoms with van der Waals surface area (Å²) in [5.41, 5.74) is 0.448. The van der Waals surface area contributed by atoms with Gasteiger partial charge in [-0.2, -0.15) is 4.39 Å². The number of H-pyrrole nitrogens is 1. The van der Waals surface area contributed by atoms with Gasteiger partial charge >= 0.3 is 5.69 Å². The van der Waals surface area contributed by atoms with Crippen LogP contribution in [0.1, 0.15) is 32.9 Å². The molecule has 6 heteroatoms. The van der Waals surface area contributed by atoms with Crippen molar-refractivity contribution < 1.29 is 9.13 Å². The number of rotatable bonds is 3. The van der Waals surface area contributed by atoms with Gasteiger partial charge in [0.2, 0.25) is 5.82 Å². The second-order valence-corrected chi connectivity index (χ2v) is 5.01. The summed E-state index contributed by atoms with van der Waals surface area (Å²) in [4.78, 5) is 24.7. The number of hydrogen-bond acceptors (Lipinski definition) is 3. The van der Waals surface area contributed by atoms with Crippen LogP contribution < -0.4 is 11.2 Å². The van der Waals surface area contributed by atoms with E-state index in [-0.39, 0.29) is 5.92 Å².